The Bertz CT molecular complexity index is 1090. The maximum absolute atomic E-state index is 12.8. The lowest BCUT2D eigenvalue weighted by molar-refractivity contribution is -0.151. The standard InChI is InChI=1S/C24H19Cl2NO3/c25-16-10-9-15(22(26)11-16)12-24(27,14-28)23(29)30-13-21-19-7-3-1-5-17(19)18-6-2-4-8-20(18)21/h1-11,14,21H,12-13,27H2. The van der Waals surface area contributed by atoms with Crippen LogP contribution in [0.15, 0.2) is 66.7 Å². The molecule has 0 heterocycles. The van der Waals surface area contributed by atoms with Crippen molar-refractivity contribution in [1.29, 1.82) is 0 Å². The highest BCUT2D eigenvalue weighted by Crippen LogP contribution is 2.44. The molecule has 30 heavy (non-hydrogen) atoms. The van der Waals surface area contributed by atoms with Crippen molar-refractivity contribution in [3.05, 3.63) is 93.5 Å². The van der Waals surface area contributed by atoms with E-state index in [0.29, 0.717) is 21.9 Å². The molecule has 0 spiro atoms. The maximum Gasteiger partial charge on any atom is 0.333 e. The Labute approximate surface area is 184 Å². The minimum Gasteiger partial charge on any atom is -0.463 e. The monoisotopic (exact) mass is 439 g/mol. The van der Waals surface area contributed by atoms with Crippen LogP contribution < -0.4 is 5.73 Å². The first-order chi connectivity index (χ1) is 14.4. The smallest absolute Gasteiger partial charge is 0.333 e. The molecule has 0 bridgehead atoms. The van der Waals surface area contributed by atoms with Crippen LogP contribution in [0.1, 0.15) is 22.6 Å². The van der Waals surface area contributed by atoms with Crippen molar-refractivity contribution in [2.24, 2.45) is 5.73 Å². The van der Waals surface area contributed by atoms with Crippen LogP contribution in [0.5, 0.6) is 0 Å². The second kappa shape index (κ2) is 8.23. The number of carbonyl (C=O) groups is 2. The Balaban J connectivity index is 1.54. The maximum atomic E-state index is 12.8. The van der Waals surface area contributed by atoms with Crippen molar-refractivity contribution >= 4 is 35.5 Å². The highest BCUT2D eigenvalue weighted by molar-refractivity contribution is 6.35. The van der Waals surface area contributed by atoms with Crippen molar-refractivity contribution in [2.75, 3.05) is 6.61 Å². The molecule has 0 aliphatic heterocycles. The highest BCUT2D eigenvalue weighted by Gasteiger charge is 2.38. The minimum atomic E-state index is -1.84. The molecule has 152 valence electrons. The van der Waals surface area contributed by atoms with Gasteiger partial charge in [0.1, 0.15) is 6.61 Å². The largest absolute Gasteiger partial charge is 0.463 e. The molecule has 0 saturated heterocycles. The Kier molecular flexibility index (Phi) is 5.65. The van der Waals surface area contributed by atoms with Crippen LogP contribution in [0.2, 0.25) is 10.0 Å². The van der Waals surface area contributed by atoms with Crippen LogP contribution in [-0.2, 0) is 20.7 Å². The van der Waals surface area contributed by atoms with Gasteiger partial charge in [-0.15, -0.1) is 0 Å². The van der Waals surface area contributed by atoms with Gasteiger partial charge in [0, 0.05) is 22.4 Å². The summed E-state index contributed by atoms with van der Waals surface area (Å²) in [7, 11) is 0. The molecule has 1 unspecified atom stereocenters. The number of benzene rings is 3. The zero-order chi connectivity index (χ0) is 21.3. The van der Waals surface area contributed by atoms with E-state index in [-0.39, 0.29) is 18.9 Å². The Hall–Kier alpha value is -2.66. The van der Waals surface area contributed by atoms with Gasteiger partial charge in [-0.3, -0.25) is 0 Å². The summed E-state index contributed by atoms with van der Waals surface area (Å²) >= 11 is 12.1. The summed E-state index contributed by atoms with van der Waals surface area (Å²) in [5.41, 5.74) is 9.24. The molecule has 0 radical (unpaired) electrons. The Morgan fingerprint density at radius 2 is 1.60 bits per heavy atom. The van der Waals surface area contributed by atoms with Crippen LogP contribution >= 0.6 is 23.2 Å². The van der Waals surface area contributed by atoms with Gasteiger partial charge >= 0.3 is 5.97 Å². The molecule has 1 aliphatic rings. The number of hydrogen-bond acceptors (Lipinski definition) is 4. The molecular weight excluding hydrogens is 421 g/mol. The van der Waals surface area contributed by atoms with E-state index in [2.05, 4.69) is 12.1 Å². The molecule has 0 amide bonds. The lowest BCUT2D eigenvalue weighted by Crippen LogP contribution is -2.52. The van der Waals surface area contributed by atoms with Crippen molar-refractivity contribution in [3.8, 4) is 11.1 Å². The van der Waals surface area contributed by atoms with Gasteiger partial charge < -0.3 is 15.3 Å². The molecule has 2 N–H and O–H groups in total. The fourth-order valence-corrected chi connectivity index (χ4v) is 4.35. The highest BCUT2D eigenvalue weighted by atomic mass is 35.5. The van der Waals surface area contributed by atoms with E-state index in [9.17, 15) is 9.59 Å². The summed E-state index contributed by atoms with van der Waals surface area (Å²) in [6, 6.07) is 20.9. The van der Waals surface area contributed by atoms with Crippen molar-refractivity contribution in [2.45, 2.75) is 17.9 Å². The van der Waals surface area contributed by atoms with Crippen LogP contribution in [0, 0.1) is 0 Å². The molecule has 4 nitrogen and oxygen atoms in total. The normalized spacial score (nSPS) is 14.5. The fourth-order valence-electron chi connectivity index (χ4n) is 3.87. The number of rotatable bonds is 6. The van der Waals surface area contributed by atoms with Gasteiger partial charge in [0.2, 0.25) is 0 Å². The molecular formula is C24H19Cl2NO3. The van der Waals surface area contributed by atoms with Crippen LogP contribution in [0.4, 0.5) is 0 Å². The van der Waals surface area contributed by atoms with Gasteiger partial charge in [-0.2, -0.15) is 0 Å². The first kappa shape index (κ1) is 20.6. The number of fused-ring (bicyclic) bond motifs is 3. The summed E-state index contributed by atoms with van der Waals surface area (Å²) in [6.45, 7) is 0.0913. The zero-order valence-electron chi connectivity index (χ0n) is 16.0. The average Bonchev–Trinajstić information content (AvgIpc) is 3.08. The second-order valence-electron chi connectivity index (χ2n) is 7.40. The van der Waals surface area contributed by atoms with Crippen molar-refractivity contribution in [3.63, 3.8) is 0 Å². The third kappa shape index (κ3) is 3.74. The average molecular weight is 440 g/mol. The number of ether oxygens (including phenoxy) is 1. The fraction of sp³-hybridized carbons (Fsp3) is 0.167. The molecule has 1 atom stereocenters. The Morgan fingerprint density at radius 3 is 2.17 bits per heavy atom. The summed E-state index contributed by atoms with van der Waals surface area (Å²) < 4.78 is 5.57. The van der Waals surface area contributed by atoms with Gasteiger partial charge in [0.25, 0.3) is 0 Å². The van der Waals surface area contributed by atoms with Crippen molar-refractivity contribution < 1.29 is 14.3 Å². The lowest BCUT2D eigenvalue weighted by atomic mass is 9.93. The van der Waals surface area contributed by atoms with E-state index in [1.165, 1.54) is 0 Å². The number of nitrogens with two attached hydrogens (primary N) is 1. The Morgan fingerprint density at radius 1 is 1.00 bits per heavy atom. The van der Waals surface area contributed by atoms with Gasteiger partial charge in [0.05, 0.1) is 0 Å². The minimum absolute atomic E-state index is 0.0802. The third-order valence-corrected chi connectivity index (χ3v) is 6.02. The summed E-state index contributed by atoms with van der Waals surface area (Å²) in [4.78, 5) is 24.6. The number of aldehydes is 1. The molecule has 0 aromatic heterocycles. The van der Waals surface area contributed by atoms with Gasteiger partial charge in [0.15, 0.2) is 11.8 Å². The topological polar surface area (TPSA) is 69.4 Å². The summed E-state index contributed by atoms with van der Waals surface area (Å²) in [6.07, 6.45) is 0.333. The summed E-state index contributed by atoms with van der Waals surface area (Å²) in [5, 5.41) is 0.796. The predicted octanol–water partition coefficient (Wildman–Crippen LogP) is 4.79. The van der Waals surface area contributed by atoms with Crippen LogP contribution in [0.25, 0.3) is 11.1 Å². The van der Waals surface area contributed by atoms with E-state index in [4.69, 9.17) is 33.7 Å². The summed E-state index contributed by atoms with van der Waals surface area (Å²) in [5.74, 6) is -0.901. The van der Waals surface area contributed by atoms with Gasteiger partial charge in [-0.05, 0) is 39.9 Å². The SMILES string of the molecule is NC(C=O)(Cc1ccc(Cl)cc1Cl)C(=O)OCC1c2ccccc2-c2ccccc21. The second-order valence-corrected chi connectivity index (χ2v) is 8.24. The number of hydrogen-bond donors (Lipinski definition) is 1. The van der Waals surface area contributed by atoms with E-state index >= 15 is 0 Å². The van der Waals surface area contributed by atoms with Crippen LogP contribution in [-0.4, -0.2) is 24.4 Å². The molecule has 0 fully saturated rings. The molecule has 3 aromatic carbocycles. The van der Waals surface area contributed by atoms with Crippen molar-refractivity contribution in [1.82, 2.24) is 0 Å². The van der Waals surface area contributed by atoms with Gasteiger partial charge in [-0.1, -0.05) is 77.8 Å². The van der Waals surface area contributed by atoms with Gasteiger partial charge in [-0.25, -0.2) is 4.79 Å². The predicted molar refractivity (Wildman–Crippen MR) is 118 cm³/mol. The van der Waals surface area contributed by atoms with E-state index in [1.807, 2.05) is 36.4 Å². The van der Waals surface area contributed by atoms with E-state index in [0.717, 1.165) is 22.3 Å². The van der Waals surface area contributed by atoms with E-state index in [1.54, 1.807) is 18.2 Å². The first-order valence-corrected chi connectivity index (χ1v) is 10.2. The molecule has 6 heteroatoms. The molecule has 0 saturated carbocycles. The molecule has 1 aliphatic carbocycles. The van der Waals surface area contributed by atoms with E-state index < -0.39 is 11.5 Å². The number of halogens is 2. The quantitative estimate of drug-likeness (QED) is 0.340. The molecule has 3 aromatic rings. The number of esters is 1. The zero-order valence-corrected chi connectivity index (χ0v) is 17.5. The third-order valence-electron chi connectivity index (χ3n) is 5.43. The lowest BCUT2D eigenvalue weighted by Gasteiger charge is -2.23. The first-order valence-electron chi connectivity index (χ1n) is 9.47. The van der Waals surface area contributed by atoms with Crippen LogP contribution in [0.3, 0.4) is 0 Å². The number of carbonyl (C=O) groups excluding carboxylic acids is 2. The molecule has 4 rings (SSSR count).